The molecule has 1 unspecified atom stereocenters. The second-order valence-electron chi connectivity index (χ2n) is 6.66. The van der Waals surface area contributed by atoms with Crippen molar-refractivity contribution in [2.24, 2.45) is 5.92 Å². The normalized spacial score (nSPS) is 22.7. The van der Waals surface area contributed by atoms with Gasteiger partial charge >= 0.3 is 0 Å². The second kappa shape index (κ2) is 7.99. The topological polar surface area (TPSA) is 44.4 Å². The highest BCUT2D eigenvalue weighted by Crippen LogP contribution is 2.21. The SMILES string of the molecule is CCCC(C)NC(=O)CN1CCC(CNC2CC2)CC1. The monoisotopic (exact) mass is 281 g/mol. The highest BCUT2D eigenvalue weighted by atomic mass is 16.2. The quantitative estimate of drug-likeness (QED) is 0.712. The summed E-state index contributed by atoms with van der Waals surface area (Å²) >= 11 is 0. The molecule has 2 aliphatic rings. The lowest BCUT2D eigenvalue weighted by atomic mass is 9.97. The molecule has 2 N–H and O–H groups in total. The number of hydrogen-bond acceptors (Lipinski definition) is 3. The average Bonchev–Trinajstić information content (AvgIpc) is 3.22. The van der Waals surface area contributed by atoms with Crippen molar-refractivity contribution in [3.63, 3.8) is 0 Å². The third-order valence-corrected chi connectivity index (χ3v) is 4.48. The van der Waals surface area contributed by atoms with Gasteiger partial charge < -0.3 is 10.6 Å². The lowest BCUT2D eigenvalue weighted by Crippen LogP contribution is -2.44. The summed E-state index contributed by atoms with van der Waals surface area (Å²) in [6.07, 6.45) is 7.40. The van der Waals surface area contributed by atoms with E-state index in [9.17, 15) is 4.79 Å². The summed E-state index contributed by atoms with van der Waals surface area (Å²) in [5, 5.41) is 6.72. The summed E-state index contributed by atoms with van der Waals surface area (Å²) in [4.78, 5) is 14.2. The number of amides is 1. The minimum atomic E-state index is 0.195. The molecule has 0 bridgehead atoms. The third-order valence-electron chi connectivity index (χ3n) is 4.48. The lowest BCUT2D eigenvalue weighted by Gasteiger charge is -2.31. The van der Waals surface area contributed by atoms with Crippen LogP contribution in [0, 0.1) is 5.92 Å². The molecular weight excluding hydrogens is 250 g/mol. The molecule has 1 atom stereocenters. The van der Waals surface area contributed by atoms with Crippen molar-refractivity contribution in [2.75, 3.05) is 26.2 Å². The van der Waals surface area contributed by atoms with Crippen molar-refractivity contribution in [1.29, 1.82) is 0 Å². The molecule has 0 radical (unpaired) electrons. The van der Waals surface area contributed by atoms with Crippen LogP contribution < -0.4 is 10.6 Å². The van der Waals surface area contributed by atoms with Crippen LogP contribution in [0.5, 0.6) is 0 Å². The van der Waals surface area contributed by atoms with Crippen molar-refractivity contribution < 1.29 is 4.79 Å². The van der Waals surface area contributed by atoms with Crippen molar-refractivity contribution in [2.45, 2.75) is 64.5 Å². The molecule has 2 fully saturated rings. The predicted molar refractivity (Wildman–Crippen MR) is 82.7 cm³/mol. The molecule has 1 aliphatic carbocycles. The van der Waals surface area contributed by atoms with Gasteiger partial charge in [0.1, 0.15) is 0 Å². The second-order valence-corrected chi connectivity index (χ2v) is 6.66. The van der Waals surface area contributed by atoms with Crippen molar-refractivity contribution >= 4 is 5.91 Å². The molecular formula is C16H31N3O. The zero-order chi connectivity index (χ0) is 14.4. The van der Waals surface area contributed by atoms with E-state index in [1.54, 1.807) is 0 Å². The number of carbonyl (C=O) groups excluding carboxylic acids is 1. The standard InChI is InChI=1S/C16H31N3O/c1-3-4-13(2)18-16(20)12-19-9-7-14(8-10-19)11-17-15-5-6-15/h13-15,17H,3-12H2,1-2H3,(H,18,20). The maximum atomic E-state index is 11.9. The molecule has 1 saturated heterocycles. The molecule has 0 spiro atoms. The van der Waals surface area contributed by atoms with Gasteiger partial charge in [-0.1, -0.05) is 13.3 Å². The Bertz CT molecular complexity index is 296. The number of nitrogens with one attached hydrogen (secondary N) is 2. The first-order valence-electron chi connectivity index (χ1n) is 8.42. The fourth-order valence-electron chi connectivity index (χ4n) is 3.00. The van der Waals surface area contributed by atoms with Crippen molar-refractivity contribution in [3.05, 3.63) is 0 Å². The van der Waals surface area contributed by atoms with E-state index in [4.69, 9.17) is 0 Å². The van der Waals surface area contributed by atoms with Gasteiger partial charge in [-0.05, 0) is 64.6 Å². The first-order chi connectivity index (χ1) is 9.67. The van der Waals surface area contributed by atoms with E-state index in [-0.39, 0.29) is 5.91 Å². The molecule has 2 rings (SSSR count). The Hall–Kier alpha value is -0.610. The third kappa shape index (κ3) is 5.80. The van der Waals surface area contributed by atoms with E-state index in [1.807, 2.05) is 0 Å². The van der Waals surface area contributed by atoms with Gasteiger partial charge in [-0.3, -0.25) is 9.69 Å². The maximum Gasteiger partial charge on any atom is 0.234 e. The van der Waals surface area contributed by atoms with Gasteiger partial charge in [-0.2, -0.15) is 0 Å². The molecule has 4 nitrogen and oxygen atoms in total. The Kier molecular flexibility index (Phi) is 6.30. The van der Waals surface area contributed by atoms with E-state index in [2.05, 4.69) is 29.4 Å². The zero-order valence-electron chi connectivity index (χ0n) is 13.2. The summed E-state index contributed by atoms with van der Waals surface area (Å²) < 4.78 is 0. The number of likely N-dealkylation sites (tertiary alicyclic amines) is 1. The van der Waals surface area contributed by atoms with E-state index in [1.165, 1.54) is 32.2 Å². The molecule has 0 aromatic carbocycles. The number of hydrogen-bond donors (Lipinski definition) is 2. The minimum Gasteiger partial charge on any atom is -0.353 e. The Labute approximate surface area is 123 Å². The van der Waals surface area contributed by atoms with Crippen molar-refractivity contribution in [3.8, 4) is 0 Å². The van der Waals surface area contributed by atoms with Gasteiger partial charge in [0, 0.05) is 12.1 Å². The molecule has 0 aromatic heterocycles. The highest BCUT2D eigenvalue weighted by Gasteiger charge is 2.24. The van der Waals surface area contributed by atoms with Crippen LogP contribution in [0.3, 0.4) is 0 Å². The van der Waals surface area contributed by atoms with Crippen LogP contribution >= 0.6 is 0 Å². The summed E-state index contributed by atoms with van der Waals surface area (Å²) in [5.41, 5.74) is 0. The van der Waals surface area contributed by atoms with Crippen LogP contribution in [0.4, 0.5) is 0 Å². The molecule has 1 aliphatic heterocycles. The largest absolute Gasteiger partial charge is 0.353 e. The summed E-state index contributed by atoms with van der Waals surface area (Å²) in [6, 6.07) is 1.13. The Morgan fingerprint density at radius 2 is 1.95 bits per heavy atom. The number of nitrogens with zero attached hydrogens (tertiary/aromatic N) is 1. The first-order valence-corrected chi connectivity index (χ1v) is 8.42. The Morgan fingerprint density at radius 3 is 2.55 bits per heavy atom. The maximum absolute atomic E-state index is 11.9. The molecule has 1 saturated carbocycles. The summed E-state index contributed by atoms with van der Waals surface area (Å²) in [7, 11) is 0. The van der Waals surface area contributed by atoms with Gasteiger partial charge in [-0.15, -0.1) is 0 Å². The van der Waals surface area contributed by atoms with Gasteiger partial charge in [0.25, 0.3) is 0 Å². The van der Waals surface area contributed by atoms with Crippen LogP contribution in [0.1, 0.15) is 52.4 Å². The minimum absolute atomic E-state index is 0.195. The van der Waals surface area contributed by atoms with Gasteiger partial charge in [-0.25, -0.2) is 0 Å². The average molecular weight is 281 g/mol. The molecule has 4 heteroatoms. The van der Waals surface area contributed by atoms with Crippen LogP contribution in [0.2, 0.25) is 0 Å². The number of carbonyl (C=O) groups is 1. The molecule has 116 valence electrons. The number of piperidine rings is 1. The van der Waals surface area contributed by atoms with Crippen LogP contribution in [0.15, 0.2) is 0 Å². The van der Waals surface area contributed by atoms with Gasteiger partial charge in [0.2, 0.25) is 5.91 Å². The van der Waals surface area contributed by atoms with E-state index in [0.717, 1.165) is 37.9 Å². The van der Waals surface area contributed by atoms with Crippen LogP contribution in [-0.2, 0) is 4.79 Å². The predicted octanol–water partition coefficient (Wildman–Crippen LogP) is 1.76. The van der Waals surface area contributed by atoms with Gasteiger partial charge in [0.05, 0.1) is 6.54 Å². The van der Waals surface area contributed by atoms with Crippen LogP contribution in [-0.4, -0.2) is 49.1 Å². The van der Waals surface area contributed by atoms with Crippen molar-refractivity contribution in [1.82, 2.24) is 15.5 Å². The number of rotatable bonds is 8. The van der Waals surface area contributed by atoms with E-state index in [0.29, 0.717) is 12.6 Å². The molecule has 1 heterocycles. The fourth-order valence-corrected chi connectivity index (χ4v) is 3.00. The van der Waals surface area contributed by atoms with Gasteiger partial charge in [0.15, 0.2) is 0 Å². The lowest BCUT2D eigenvalue weighted by molar-refractivity contribution is -0.123. The van der Waals surface area contributed by atoms with E-state index >= 15 is 0 Å². The Morgan fingerprint density at radius 1 is 1.25 bits per heavy atom. The fraction of sp³-hybridized carbons (Fsp3) is 0.938. The highest BCUT2D eigenvalue weighted by molar-refractivity contribution is 5.78. The molecule has 1 amide bonds. The first kappa shape index (κ1) is 15.8. The zero-order valence-corrected chi connectivity index (χ0v) is 13.2. The summed E-state index contributed by atoms with van der Waals surface area (Å²) in [5.74, 6) is 1.01. The summed E-state index contributed by atoms with van der Waals surface area (Å²) in [6.45, 7) is 8.16. The smallest absolute Gasteiger partial charge is 0.234 e. The Balaban J connectivity index is 1.57. The molecule has 0 aromatic rings. The van der Waals surface area contributed by atoms with Crippen LogP contribution in [0.25, 0.3) is 0 Å². The molecule has 20 heavy (non-hydrogen) atoms. The van der Waals surface area contributed by atoms with E-state index < -0.39 is 0 Å².